The van der Waals surface area contributed by atoms with Crippen LogP contribution in [-0.2, 0) is 0 Å². The van der Waals surface area contributed by atoms with Gasteiger partial charge in [0.05, 0.1) is 0 Å². The number of nitrogens with two attached hydrogens (primary N) is 1. The molecule has 0 bridgehead atoms. The highest BCUT2D eigenvalue weighted by molar-refractivity contribution is 9.10. The quantitative estimate of drug-likeness (QED) is 0.877. The van der Waals surface area contributed by atoms with E-state index in [4.69, 9.17) is 10.8 Å². The molecule has 1 atom stereocenters. The highest BCUT2D eigenvalue weighted by Crippen LogP contribution is 2.29. The monoisotopic (exact) mass is 261 g/mol. The van der Waals surface area contributed by atoms with Crippen LogP contribution < -0.4 is 5.73 Å². The van der Waals surface area contributed by atoms with Gasteiger partial charge in [0.1, 0.15) is 5.82 Å². The molecule has 0 saturated carbocycles. The lowest BCUT2D eigenvalue weighted by atomic mass is 10.0. The van der Waals surface area contributed by atoms with Crippen molar-refractivity contribution in [3.8, 4) is 0 Å². The maximum absolute atomic E-state index is 13.4. The lowest BCUT2D eigenvalue weighted by Crippen LogP contribution is -2.14. The van der Waals surface area contributed by atoms with Crippen molar-refractivity contribution in [2.45, 2.75) is 19.4 Å². The largest absolute Gasteiger partial charge is 0.396 e. The lowest BCUT2D eigenvalue weighted by molar-refractivity contribution is 0.275. The van der Waals surface area contributed by atoms with Crippen molar-refractivity contribution < 1.29 is 9.50 Å². The van der Waals surface area contributed by atoms with Crippen molar-refractivity contribution >= 4 is 15.9 Å². The Kier molecular flexibility index (Phi) is 4.04. The van der Waals surface area contributed by atoms with Gasteiger partial charge in [0, 0.05) is 22.7 Å². The molecule has 0 fully saturated rings. The van der Waals surface area contributed by atoms with E-state index in [9.17, 15) is 4.39 Å². The summed E-state index contributed by atoms with van der Waals surface area (Å²) in [6.45, 7) is 1.83. The van der Waals surface area contributed by atoms with Gasteiger partial charge in [-0.05, 0) is 25.0 Å². The second kappa shape index (κ2) is 4.87. The Morgan fingerprint density at radius 2 is 2.21 bits per heavy atom. The Morgan fingerprint density at radius 1 is 1.57 bits per heavy atom. The van der Waals surface area contributed by atoms with Crippen LogP contribution in [-0.4, -0.2) is 11.7 Å². The average molecular weight is 262 g/mol. The van der Waals surface area contributed by atoms with Crippen molar-refractivity contribution in [2.24, 2.45) is 5.73 Å². The zero-order chi connectivity index (χ0) is 10.7. The predicted molar refractivity (Wildman–Crippen MR) is 57.5 cm³/mol. The standard InChI is InChI=1S/C10H13BrFNO/c1-6-2-3-7(12)9(10(6)11)8(13)4-5-14/h2-3,8,14H,4-5,13H2,1H3. The summed E-state index contributed by atoms with van der Waals surface area (Å²) in [5.41, 5.74) is 7.13. The molecule has 0 radical (unpaired) electrons. The number of aryl methyl sites for hydroxylation is 1. The molecule has 14 heavy (non-hydrogen) atoms. The van der Waals surface area contributed by atoms with E-state index in [-0.39, 0.29) is 12.4 Å². The molecule has 0 saturated heterocycles. The third kappa shape index (κ3) is 2.32. The van der Waals surface area contributed by atoms with Crippen molar-refractivity contribution in [3.63, 3.8) is 0 Å². The fraction of sp³-hybridized carbons (Fsp3) is 0.400. The molecule has 0 aliphatic carbocycles. The van der Waals surface area contributed by atoms with Crippen LogP contribution in [0.3, 0.4) is 0 Å². The Labute approximate surface area is 91.1 Å². The molecule has 0 aromatic heterocycles. The number of halogens is 2. The van der Waals surface area contributed by atoms with Crippen molar-refractivity contribution in [2.75, 3.05) is 6.61 Å². The van der Waals surface area contributed by atoms with Crippen molar-refractivity contribution in [1.29, 1.82) is 0 Å². The summed E-state index contributed by atoms with van der Waals surface area (Å²) in [4.78, 5) is 0. The molecule has 4 heteroatoms. The number of hydrogen-bond acceptors (Lipinski definition) is 2. The lowest BCUT2D eigenvalue weighted by Gasteiger charge is -2.15. The smallest absolute Gasteiger partial charge is 0.129 e. The summed E-state index contributed by atoms with van der Waals surface area (Å²) in [6.07, 6.45) is 0.360. The first-order valence-corrected chi connectivity index (χ1v) is 5.18. The number of benzene rings is 1. The van der Waals surface area contributed by atoms with E-state index >= 15 is 0 Å². The Balaban J connectivity index is 3.11. The molecule has 0 aliphatic rings. The fourth-order valence-corrected chi connectivity index (χ4v) is 1.92. The molecule has 2 nitrogen and oxygen atoms in total. The Morgan fingerprint density at radius 3 is 2.79 bits per heavy atom. The molecule has 1 aromatic rings. The van der Waals surface area contributed by atoms with E-state index in [0.717, 1.165) is 5.56 Å². The first-order valence-electron chi connectivity index (χ1n) is 4.39. The van der Waals surface area contributed by atoms with Gasteiger partial charge in [-0.3, -0.25) is 0 Å². The molecule has 0 amide bonds. The van der Waals surface area contributed by atoms with Crippen LogP contribution in [0.4, 0.5) is 4.39 Å². The Bertz CT molecular complexity index is 330. The van der Waals surface area contributed by atoms with Crippen LogP contribution in [0.2, 0.25) is 0 Å². The number of hydrogen-bond donors (Lipinski definition) is 2. The van der Waals surface area contributed by atoms with Gasteiger partial charge in [0.15, 0.2) is 0 Å². The summed E-state index contributed by atoms with van der Waals surface area (Å²) in [5, 5.41) is 8.73. The normalized spacial score (nSPS) is 12.9. The van der Waals surface area contributed by atoms with Gasteiger partial charge in [0.2, 0.25) is 0 Å². The SMILES string of the molecule is Cc1ccc(F)c(C(N)CCO)c1Br. The van der Waals surface area contributed by atoms with E-state index in [1.54, 1.807) is 6.07 Å². The number of rotatable bonds is 3. The van der Waals surface area contributed by atoms with Gasteiger partial charge in [-0.2, -0.15) is 0 Å². The second-order valence-corrected chi connectivity index (χ2v) is 4.00. The molecule has 0 spiro atoms. The van der Waals surface area contributed by atoms with Gasteiger partial charge in [-0.15, -0.1) is 0 Å². The first kappa shape index (κ1) is 11.6. The molecule has 0 aliphatic heterocycles. The third-order valence-corrected chi connectivity index (χ3v) is 3.18. The van der Waals surface area contributed by atoms with E-state index in [0.29, 0.717) is 16.5 Å². The van der Waals surface area contributed by atoms with Crippen LogP contribution >= 0.6 is 15.9 Å². The molecule has 1 unspecified atom stereocenters. The average Bonchev–Trinajstić information content (AvgIpc) is 2.13. The predicted octanol–water partition coefficient (Wildman–Crippen LogP) is 2.28. The fourth-order valence-electron chi connectivity index (χ4n) is 1.30. The molecule has 1 aromatic carbocycles. The molecular weight excluding hydrogens is 249 g/mol. The molecular formula is C10H13BrFNO. The van der Waals surface area contributed by atoms with E-state index in [1.807, 2.05) is 6.92 Å². The van der Waals surface area contributed by atoms with Gasteiger partial charge in [-0.1, -0.05) is 22.0 Å². The molecule has 0 heterocycles. The van der Waals surface area contributed by atoms with Crippen LogP contribution in [0, 0.1) is 12.7 Å². The van der Waals surface area contributed by atoms with Crippen LogP contribution in [0.15, 0.2) is 16.6 Å². The summed E-state index contributed by atoms with van der Waals surface area (Å²) in [7, 11) is 0. The van der Waals surface area contributed by atoms with Crippen LogP contribution in [0.1, 0.15) is 23.6 Å². The van der Waals surface area contributed by atoms with Crippen molar-refractivity contribution in [3.05, 3.63) is 33.5 Å². The molecule has 78 valence electrons. The topological polar surface area (TPSA) is 46.2 Å². The highest BCUT2D eigenvalue weighted by Gasteiger charge is 2.15. The van der Waals surface area contributed by atoms with E-state index in [1.165, 1.54) is 6.07 Å². The summed E-state index contributed by atoms with van der Waals surface area (Å²) in [5.74, 6) is -0.330. The summed E-state index contributed by atoms with van der Waals surface area (Å²) in [6, 6.07) is 2.62. The van der Waals surface area contributed by atoms with E-state index in [2.05, 4.69) is 15.9 Å². The minimum atomic E-state index is -0.464. The maximum Gasteiger partial charge on any atom is 0.129 e. The highest BCUT2D eigenvalue weighted by atomic mass is 79.9. The zero-order valence-corrected chi connectivity index (χ0v) is 9.51. The third-order valence-electron chi connectivity index (χ3n) is 2.13. The minimum Gasteiger partial charge on any atom is -0.396 e. The van der Waals surface area contributed by atoms with Gasteiger partial charge in [0.25, 0.3) is 0 Å². The van der Waals surface area contributed by atoms with Crippen LogP contribution in [0.5, 0.6) is 0 Å². The van der Waals surface area contributed by atoms with Gasteiger partial charge >= 0.3 is 0 Å². The first-order chi connectivity index (χ1) is 6.57. The van der Waals surface area contributed by atoms with Gasteiger partial charge in [-0.25, -0.2) is 4.39 Å². The maximum atomic E-state index is 13.4. The molecule has 3 N–H and O–H groups in total. The summed E-state index contributed by atoms with van der Waals surface area (Å²) >= 11 is 3.30. The minimum absolute atomic E-state index is 0.0407. The Hall–Kier alpha value is -0.450. The van der Waals surface area contributed by atoms with Crippen molar-refractivity contribution in [1.82, 2.24) is 0 Å². The number of aliphatic hydroxyl groups is 1. The number of aliphatic hydroxyl groups excluding tert-OH is 1. The second-order valence-electron chi connectivity index (χ2n) is 3.21. The van der Waals surface area contributed by atoms with Crippen LogP contribution in [0.25, 0.3) is 0 Å². The summed E-state index contributed by atoms with van der Waals surface area (Å²) < 4.78 is 14.1. The van der Waals surface area contributed by atoms with E-state index < -0.39 is 6.04 Å². The molecule has 1 rings (SSSR count). The zero-order valence-electron chi connectivity index (χ0n) is 7.93. The van der Waals surface area contributed by atoms with Gasteiger partial charge < -0.3 is 10.8 Å².